The van der Waals surface area contributed by atoms with E-state index in [2.05, 4.69) is 5.32 Å². The van der Waals surface area contributed by atoms with E-state index < -0.39 is 17.9 Å². The molecular formula is C31H31N3O5. The van der Waals surface area contributed by atoms with Crippen LogP contribution in [0.3, 0.4) is 0 Å². The molecule has 1 N–H and O–H groups in total. The number of aryl methyl sites for hydroxylation is 1. The Balaban J connectivity index is 1.63. The van der Waals surface area contributed by atoms with Gasteiger partial charge >= 0.3 is 5.97 Å². The van der Waals surface area contributed by atoms with Gasteiger partial charge in [-0.3, -0.25) is 9.59 Å². The van der Waals surface area contributed by atoms with E-state index in [0.717, 1.165) is 16.5 Å². The molecule has 0 fully saturated rings. The molecule has 1 aliphatic heterocycles. The summed E-state index contributed by atoms with van der Waals surface area (Å²) in [6.07, 6.45) is 2.00. The maximum Gasteiger partial charge on any atom is 0.338 e. The first-order valence-electron chi connectivity index (χ1n) is 13.0. The summed E-state index contributed by atoms with van der Waals surface area (Å²) in [6.45, 7) is 2.64. The van der Waals surface area contributed by atoms with Gasteiger partial charge in [-0.25, -0.2) is 4.79 Å². The average molecular weight is 526 g/mol. The molecule has 0 unspecified atom stereocenters. The van der Waals surface area contributed by atoms with Crippen molar-refractivity contribution >= 4 is 34.4 Å². The van der Waals surface area contributed by atoms with Crippen molar-refractivity contribution in [3.63, 3.8) is 0 Å². The summed E-state index contributed by atoms with van der Waals surface area (Å²) < 4.78 is 12.5. The minimum Gasteiger partial charge on any atom is -0.462 e. The summed E-state index contributed by atoms with van der Waals surface area (Å²) in [6, 6.07) is 21.3. The minimum atomic E-state index is -0.715. The number of esters is 1. The highest BCUT2D eigenvalue weighted by atomic mass is 16.5. The first-order valence-corrected chi connectivity index (χ1v) is 13.0. The molecule has 2 amide bonds. The molecule has 8 nitrogen and oxygen atoms in total. The summed E-state index contributed by atoms with van der Waals surface area (Å²) in [5.41, 5.74) is 3.86. The van der Waals surface area contributed by atoms with E-state index in [1.807, 2.05) is 54.2 Å². The van der Waals surface area contributed by atoms with Crippen molar-refractivity contribution in [1.29, 1.82) is 0 Å². The number of nitrogens with zero attached hydrogens (tertiary/aromatic N) is 2. The van der Waals surface area contributed by atoms with E-state index in [0.29, 0.717) is 35.5 Å². The van der Waals surface area contributed by atoms with Crippen LogP contribution in [-0.2, 0) is 21.3 Å². The number of methoxy groups -OCH3 is 1. The molecule has 0 aliphatic carbocycles. The van der Waals surface area contributed by atoms with E-state index in [1.54, 1.807) is 55.3 Å². The monoisotopic (exact) mass is 525 g/mol. The predicted octanol–water partition coefficient (Wildman–Crippen LogP) is 4.92. The Morgan fingerprint density at radius 2 is 1.74 bits per heavy atom. The number of benzene rings is 3. The second-order valence-electron chi connectivity index (χ2n) is 9.50. The van der Waals surface area contributed by atoms with Crippen LogP contribution >= 0.6 is 0 Å². The number of hydrogen-bond donors (Lipinski definition) is 1. The molecule has 0 saturated carbocycles. The van der Waals surface area contributed by atoms with Gasteiger partial charge in [0.25, 0.3) is 5.91 Å². The number of hydrogen-bond acceptors (Lipinski definition) is 5. The van der Waals surface area contributed by atoms with Crippen LogP contribution in [0.1, 0.15) is 50.7 Å². The van der Waals surface area contributed by atoms with E-state index in [1.165, 1.54) is 0 Å². The van der Waals surface area contributed by atoms with E-state index in [-0.39, 0.29) is 18.4 Å². The highest BCUT2D eigenvalue weighted by molar-refractivity contribution is 6.05. The zero-order valence-corrected chi connectivity index (χ0v) is 22.2. The fourth-order valence-electron chi connectivity index (χ4n) is 5.42. The lowest BCUT2D eigenvalue weighted by Crippen LogP contribution is -2.47. The molecule has 1 aromatic heterocycles. The largest absolute Gasteiger partial charge is 0.462 e. The first-order chi connectivity index (χ1) is 18.9. The van der Waals surface area contributed by atoms with Gasteiger partial charge < -0.3 is 24.3 Å². The number of ether oxygens (including phenoxy) is 2. The van der Waals surface area contributed by atoms with Crippen molar-refractivity contribution in [3.8, 4) is 0 Å². The Labute approximate surface area is 227 Å². The second-order valence-corrected chi connectivity index (χ2v) is 9.50. The van der Waals surface area contributed by atoms with Gasteiger partial charge in [-0.1, -0.05) is 42.5 Å². The third kappa shape index (κ3) is 4.91. The topological polar surface area (TPSA) is 89.9 Å². The Hall–Kier alpha value is -4.43. The molecule has 5 rings (SSSR count). The summed E-state index contributed by atoms with van der Waals surface area (Å²) in [5, 5.41) is 3.99. The molecule has 3 aromatic carbocycles. The fourth-order valence-corrected chi connectivity index (χ4v) is 5.42. The van der Waals surface area contributed by atoms with Crippen molar-refractivity contribution in [2.45, 2.75) is 18.9 Å². The molecule has 39 heavy (non-hydrogen) atoms. The van der Waals surface area contributed by atoms with Gasteiger partial charge in [0.1, 0.15) is 0 Å². The molecule has 1 aliphatic rings. The van der Waals surface area contributed by atoms with Crippen LogP contribution in [0.5, 0.6) is 0 Å². The number of rotatable bonds is 8. The zero-order chi connectivity index (χ0) is 27.5. The van der Waals surface area contributed by atoms with Crippen LogP contribution in [0.15, 0.2) is 79.0 Å². The van der Waals surface area contributed by atoms with Crippen LogP contribution in [0.4, 0.5) is 5.69 Å². The first kappa shape index (κ1) is 26.2. The smallest absolute Gasteiger partial charge is 0.338 e. The standard InChI is InChI=1S/C31H31N3O5/c1-4-39-31(37)20-10-9-11-21(18-20)32-29(35)27-23-13-5-6-14-24(23)30(36)34(16-17-38-3)28(27)25-19-33(2)26-15-8-7-12-22(25)26/h5-15,18-19,27-28H,4,16-17H2,1-3H3,(H,32,35)/t27-,28+/m1/s1. The van der Waals surface area contributed by atoms with Gasteiger partial charge in [-0.15, -0.1) is 0 Å². The summed E-state index contributed by atoms with van der Waals surface area (Å²) >= 11 is 0. The molecule has 8 heteroatoms. The number of nitrogens with one attached hydrogen (secondary N) is 1. The normalized spacial score (nSPS) is 16.7. The lowest BCUT2D eigenvalue weighted by molar-refractivity contribution is -0.119. The van der Waals surface area contributed by atoms with Gasteiger partial charge in [0.15, 0.2) is 0 Å². The molecule has 2 atom stereocenters. The number of para-hydroxylation sites is 1. The van der Waals surface area contributed by atoms with E-state index in [9.17, 15) is 14.4 Å². The summed E-state index contributed by atoms with van der Waals surface area (Å²) in [4.78, 5) is 42.1. The molecular weight excluding hydrogens is 494 g/mol. The molecule has 2 heterocycles. The van der Waals surface area contributed by atoms with Crippen molar-refractivity contribution < 1.29 is 23.9 Å². The Bertz CT molecular complexity index is 1540. The van der Waals surface area contributed by atoms with Gasteiger partial charge in [0, 0.05) is 54.6 Å². The van der Waals surface area contributed by atoms with Crippen LogP contribution in [0.25, 0.3) is 10.9 Å². The highest BCUT2D eigenvalue weighted by Crippen LogP contribution is 2.45. The van der Waals surface area contributed by atoms with Crippen molar-refractivity contribution in [1.82, 2.24) is 9.47 Å². The lowest BCUT2D eigenvalue weighted by Gasteiger charge is -2.41. The number of anilines is 1. The number of aromatic nitrogens is 1. The van der Waals surface area contributed by atoms with Crippen LogP contribution in [-0.4, -0.2) is 54.1 Å². The molecule has 0 radical (unpaired) electrons. The van der Waals surface area contributed by atoms with Crippen molar-refractivity contribution in [2.24, 2.45) is 7.05 Å². The highest BCUT2D eigenvalue weighted by Gasteiger charge is 2.45. The van der Waals surface area contributed by atoms with Gasteiger partial charge in [-0.05, 0) is 42.8 Å². The third-order valence-corrected chi connectivity index (χ3v) is 7.15. The van der Waals surface area contributed by atoms with Crippen LogP contribution < -0.4 is 5.32 Å². The second kappa shape index (κ2) is 11.1. The zero-order valence-electron chi connectivity index (χ0n) is 22.2. The Morgan fingerprint density at radius 1 is 0.974 bits per heavy atom. The Morgan fingerprint density at radius 3 is 2.54 bits per heavy atom. The third-order valence-electron chi connectivity index (χ3n) is 7.15. The van der Waals surface area contributed by atoms with Gasteiger partial charge in [0.05, 0.1) is 30.7 Å². The molecule has 0 saturated heterocycles. The Kier molecular flexibility index (Phi) is 7.47. The average Bonchev–Trinajstić information content (AvgIpc) is 3.28. The maximum absolute atomic E-state index is 14.2. The van der Waals surface area contributed by atoms with Crippen LogP contribution in [0.2, 0.25) is 0 Å². The fraction of sp³-hybridized carbons (Fsp3) is 0.258. The number of fused-ring (bicyclic) bond motifs is 2. The molecule has 0 bridgehead atoms. The van der Waals surface area contributed by atoms with E-state index in [4.69, 9.17) is 9.47 Å². The number of carbonyl (C=O) groups excluding carboxylic acids is 3. The quantitative estimate of drug-likeness (QED) is 0.330. The minimum absolute atomic E-state index is 0.144. The van der Waals surface area contributed by atoms with Gasteiger partial charge in [-0.2, -0.15) is 0 Å². The lowest BCUT2D eigenvalue weighted by atomic mass is 9.79. The molecule has 0 spiro atoms. The van der Waals surface area contributed by atoms with Gasteiger partial charge in [0.2, 0.25) is 5.91 Å². The van der Waals surface area contributed by atoms with Crippen molar-refractivity contribution in [3.05, 3.63) is 101 Å². The predicted molar refractivity (Wildman–Crippen MR) is 149 cm³/mol. The van der Waals surface area contributed by atoms with Crippen molar-refractivity contribution in [2.75, 3.05) is 32.2 Å². The SMILES string of the molecule is CCOC(=O)c1cccc(NC(=O)[C@@H]2c3ccccc3C(=O)N(CCOC)[C@H]2c2cn(C)c3ccccc23)c1. The number of amides is 2. The molecule has 4 aromatic rings. The summed E-state index contributed by atoms with van der Waals surface area (Å²) in [7, 11) is 3.55. The van der Waals surface area contributed by atoms with E-state index >= 15 is 0 Å². The molecule has 200 valence electrons. The number of carbonyl (C=O) groups is 3. The maximum atomic E-state index is 14.2. The summed E-state index contributed by atoms with van der Waals surface area (Å²) in [5.74, 6) is -1.60. The van der Waals surface area contributed by atoms with Crippen LogP contribution in [0, 0.1) is 0 Å².